The number of ether oxygens (including phenoxy) is 1. The molecule has 0 saturated heterocycles. The molecule has 0 aliphatic rings. The predicted molar refractivity (Wildman–Crippen MR) is 120 cm³/mol. The van der Waals surface area contributed by atoms with Gasteiger partial charge >= 0.3 is 0 Å². The molecule has 4 aromatic rings. The lowest BCUT2D eigenvalue weighted by atomic mass is 10.0. The molecule has 152 valence electrons. The zero-order valence-corrected chi connectivity index (χ0v) is 17.8. The second-order valence-corrected chi connectivity index (χ2v) is 7.62. The molecule has 30 heavy (non-hydrogen) atoms. The molecule has 1 N–H and O–H groups in total. The third kappa shape index (κ3) is 3.89. The molecule has 0 fully saturated rings. The highest BCUT2D eigenvalue weighted by Crippen LogP contribution is 2.34. The maximum atomic E-state index is 11.3. The Morgan fingerprint density at radius 1 is 1.13 bits per heavy atom. The van der Waals surface area contributed by atoms with Crippen LogP contribution in [0.5, 0.6) is 5.75 Å². The number of hydrogen-bond donors (Lipinski definition) is 1. The van der Waals surface area contributed by atoms with Crippen LogP contribution in [0.15, 0.2) is 67.0 Å². The Balaban J connectivity index is 1.74. The topological polar surface area (TPSA) is 56.1 Å². The van der Waals surface area contributed by atoms with Gasteiger partial charge in [-0.3, -0.25) is 9.36 Å². The number of amides is 1. The van der Waals surface area contributed by atoms with Crippen LogP contribution >= 0.6 is 11.6 Å². The first kappa shape index (κ1) is 20.0. The van der Waals surface area contributed by atoms with Crippen molar-refractivity contribution in [1.82, 2.24) is 14.9 Å². The number of fused-ring (bicyclic) bond motifs is 1. The molecule has 1 aromatic heterocycles. The van der Waals surface area contributed by atoms with Crippen LogP contribution in [0.3, 0.4) is 0 Å². The SMILES string of the molecule is COc1ccc(Cl)cc1-c1cccc(-n2cnc3cc([C@@H](C)NC(C)=O)ccc32)c1. The van der Waals surface area contributed by atoms with E-state index in [2.05, 4.69) is 16.4 Å². The van der Waals surface area contributed by atoms with E-state index in [0.717, 1.165) is 39.2 Å². The predicted octanol–water partition coefficient (Wildman–Crippen LogP) is 5.55. The number of halogens is 1. The van der Waals surface area contributed by atoms with Gasteiger partial charge in [0, 0.05) is 23.2 Å². The normalized spacial score (nSPS) is 12.0. The lowest BCUT2D eigenvalue weighted by Gasteiger charge is -2.13. The van der Waals surface area contributed by atoms with Gasteiger partial charge in [0.1, 0.15) is 12.1 Å². The number of rotatable bonds is 5. The number of benzene rings is 3. The van der Waals surface area contributed by atoms with Crippen LogP contribution in [0.2, 0.25) is 5.02 Å². The molecule has 6 heteroatoms. The molecule has 5 nitrogen and oxygen atoms in total. The van der Waals surface area contributed by atoms with Crippen molar-refractivity contribution in [3.63, 3.8) is 0 Å². The van der Waals surface area contributed by atoms with Gasteiger partial charge in [-0.05, 0) is 60.5 Å². The maximum absolute atomic E-state index is 11.3. The molecule has 0 spiro atoms. The van der Waals surface area contributed by atoms with Crippen LogP contribution in [-0.4, -0.2) is 22.6 Å². The van der Waals surface area contributed by atoms with Crippen molar-refractivity contribution in [1.29, 1.82) is 0 Å². The summed E-state index contributed by atoms with van der Waals surface area (Å²) < 4.78 is 7.56. The van der Waals surface area contributed by atoms with Gasteiger partial charge in [-0.1, -0.05) is 29.8 Å². The zero-order valence-electron chi connectivity index (χ0n) is 17.0. The van der Waals surface area contributed by atoms with E-state index in [1.807, 2.05) is 72.4 Å². The Labute approximate surface area is 180 Å². The Morgan fingerprint density at radius 3 is 2.73 bits per heavy atom. The van der Waals surface area contributed by atoms with Crippen LogP contribution in [0, 0.1) is 0 Å². The van der Waals surface area contributed by atoms with E-state index >= 15 is 0 Å². The van der Waals surface area contributed by atoms with Crippen molar-refractivity contribution < 1.29 is 9.53 Å². The number of nitrogens with one attached hydrogen (secondary N) is 1. The van der Waals surface area contributed by atoms with Gasteiger partial charge in [0.05, 0.1) is 24.2 Å². The number of imidazole rings is 1. The summed E-state index contributed by atoms with van der Waals surface area (Å²) in [6.07, 6.45) is 1.81. The van der Waals surface area contributed by atoms with E-state index in [0.29, 0.717) is 5.02 Å². The first-order chi connectivity index (χ1) is 14.5. The second kappa shape index (κ2) is 8.20. The molecule has 1 amide bonds. The van der Waals surface area contributed by atoms with E-state index in [9.17, 15) is 4.79 Å². The van der Waals surface area contributed by atoms with Gasteiger partial charge in [-0.2, -0.15) is 0 Å². The number of aromatic nitrogens is 2. The average molecular weight is 420 g/mol. The molecule has 1 atom stereocenters. The third-order valence-corrected chi connectivity index (χ3v) is 5.32. The van der Waals surface area contributed by atoms with Gasteiger partial charge in [-0.25, -0.2) is 4.98 Å². The largest absolute Gasteiger partial charge is 0.496 e. The number of carbonyl (C=O) groups excluding carboxylic acids is 1. The summed E-state index contributed by atoms with van der Waals surface area (Å²) in [5, 5.41) is 3.56. The number of hydrogen-bond acceptors (Lipinski definition) is 3. The first-order valence-corrected chi connectivity index (χ1v) is 10.0. The molecule has 0 aliphatic carbocycles. The maximum Gasteiger partial charge on any atom is 0.217 e. The smallest absolute Gasteiger partial charge is 0.217 e. The molecule has 3 aromatic carbocycles. The van der Waals surface area contributed by atoms with Crippen molar-refractivity contribution in [3.8, 4) is 22.6 Å². The third-order valence-electron chi connectivity index (χ3n) is 5.09. The van der Waals surface area contributed by atoms with E-state index in [4.69, 9.17) is 16.3 Å². The average Bonchev–Trinajstić information content (AvgIpc) is 3.16. The summed E-state index contributed by atoms with van der Waals surface area (Å²) in [6, 6.07) is 19.7. The molecule has 0 radical (unpaired) electrons. The molecule has 4 rings (SSSR count). The summed E-state index contributed by atoms with van der Waals surface area (Å²) >= 11 is 6.22. The summed E-state index contributed by atoms with van der Waals surface area (Å²) in [5.41, 5.74) is 5.80. The number of carbonyl (C=O) groups is 1. The molecule has 0 bridgehead atoms. The van der Waals surface area contributed by atoms with Crippen LogP contribution < -0.4 is 10.1 Å². The van der Waals surface area contributed by atoms with Crippen molar-refractivity contribution in [2.75, 3.05) is 7.11 Å². The van der Waals surface area contributed by atoms with Crippen LogP contribution in [0.4, 0.5) is 0 Å². The lowest BCUT2D eigenvalue weighted by molar-refractivity contribution is -0.119. The van der Waals surface area contributed by atoms with E-state index < -0.39 is 0 Å². The second-order valence-electron chi connectivity index (χ2n) is 7.18. The Kier molecular flexibility index (Phi) is 5.46. The minimum atomic E-state index is -0.0735. The van der Waals surface area contributed by atoms with Gasteiger partial charge in [0.2, 0.25) is 5.91 Å². The highest BCUT2D eigenvalue weighted by atomic mass is 35.5. The lowest BCUT2D eigenvalue weighted by Crippen LogP contribution is -2.23. The first-order valence-electron chi connectivity index (χ1n) is 9.64. The highest BCUT2D eigenvalue weighted by Gasteiger charge is 2.12. The number of methoxy groups -OCH3 is 1. The van der Waals surface area contributed by atoms with Crippen LogP contribution in [0.1, 0.15) is 25.5 Å². The van der Waals surface area contributed by atoms with Crippen LogP contribution in [0.25, 0.3) is 27.8 Å². The van der Waals surface area contributed by atoms with E-state index in [-0.39, 0.29) is 11.9 Å². The summed E-state index contributed by atoms with van der Waals surface area (Å²) in [5.74, 6) is 0.713. The Hall–Kier alpha value is -3.31. The molecular weight excluding hydrogens is 398 g/mol. The Morgan fingerprint density at radius 2 is 1.97 bits per heavy atom. The number of nitrogens with zero attached hydrogens (tertiary/aromatic N) is 2. The molecular formula is C24H22ClN3O2. The fourth-order valence-electron chi connectivity index (χ4n) is 3.62. The molecule has 0 aliphatic heterocycles. The summed E-state index contributed by atoms with van der Waals surface area (Å²) in [7, 11) is 1.65. The molecule has 0 unspecified atom stereocenters. The van der Waals surface area contributed by atoms with Crippen molar-refractivity contribution in [2.24, 2.45) is 0 Å². The molecule has 0 saturated carbocycles. The summed E-state index contributed by atoms with van der Waals surface area (Å²) in [6.45, 7) is 3.48. The van der Waals surface area contributed by atoms with Crippen molar-refractivity contribution in [3.05, 3.63) is 77.6 Å². The van der Waals surface area contributed by atoms with Gasteiger partial charge in [0.25, 0.3) is 0 Å². The van der Waals surface area contributed by atoms with Crippen molar-refractivity contribution >= 4 is 28.5 Å². The van der Waals surface area contributed by atoms with Crippen molar-refractivity contribution in [2.45, 2.75) is 19.9 Å². The van der Waals surface area contributed by atoms with Gasteiger partial charge in [0.15, 0.2) is 0 Å². The minimum Gasteiger partial charge on any atom is -0.496 e. The monoisotopic (exact) mass is 419 g/mol. The quantitative estimate of drug-likeness (QED) is 0.461. The highest BCUT2D eigenvalue weighted by molar-refractivity contribution is 6.31. The van der Waals surface area contributed by atoms with E-state index in [1.54, 1.807) is 7.11 Å². The standard InChI is InChI=1S/C24H22ClN3O2/c1-15(27-16(2)29)17-7-9-23-22(12-17)26-14-28(23)20-6-4-5-18(11-20)21-13-19(25)8-10-24(21)30-3/h4-15H,1-3H3,(H,27,29)/t15-/m1/s1. The fraction of sp³-hybridized carbons (Fsp3) is 0.167. The van der Waals surface area contributed by atoms with E-state index in [1.165, 1.54) is 6.92 Å². The van der Waals surface area contributed by atoms with Gasteiger partial charge in [-0.15, -0.1) is 0 Å². The Bertz CT molecular complexity index is 1230. The molecule has 1 heterocycles. The zero-order chi connectivity index (χ0) is 21.3. The summed E-state index contributed by atoms with van der Waals surface area (Å²) in [4.78, 5) is 15.9. The van der Waals surface area contributed by atoms with Crippen LogP contribution in [-0.2, 0) is 4.79 Å². The minimum absolute atomic E-state index is 0.0543. The fourth-order valence-corrected chi connectivity index (χ4v) is 3.79. The van der Waals surface area contributed by atoms with Gasteiger partial charge < -0.3 is 10.1 Å².